The molecule has 0 bridgehead atoms. The van der Waals surface area contributed by atoms with Gasteiger partial charge in [-0.25, -0.2) is 4.98 Å². The van der Waals surface area contributed by atoms with Gasteiger partial charge in [0.05, 0.1) is 18.6 Å². The fraction of sp³-hybridized carbons (Fsp3) is 0.571. The number of rotatable bonds is 3. The van der Waals surface area contributed by atoms with Crippen molar-refractivity contribution in [3.63, 3.8) is 0 Å². The maximum absolute atomic E-state index is 4.92. The monoisotopic (exact) mass is 140 g/mol. The molecule has 0 spiro atoms. The smallest absolute Gasteiger partial charge is 0.0925 e. The van der Waals surface area contributed by atoms with Gasteiger partial charge in [-0.15, -0.1) is 0 Å². The summed E-state index contributed by atoms with van der Waals surface area (Å²) in [6.07, 6.45) is 2.60. The van der Waals surface area contributed by atoms with Crippen LogP contribution in [0, 0.1) is 6.92 Å². The Balaban J connectivity index is 2.49. The number of imidazole rings is 1. The Morgan fingerprint density at radius 3 is 3.00 bits per heavy atom. The highest BCUT2D eigenvalue weighted by Crippen LogP contribution is 2.00. The van der Waals surface area contributed by atoms with Gasteiger partial charge in [0.15, 0.2) is 0 Å². The molecule has 3 nitrogen and oxygen atoms in total. The molecule has 0 aliphatic heterocycles. The Labute approximate surface area is 60.4 Å². The lowest BCUT2D eigenvalue weighted by Gasteiger charge is -1.95. The van der Waals surface area contributed by atoms with Crippen molar-refractivity contribution in [1.82, 2.24) is 9.97 Å². The second kappa shape index (κ2) is 3.37. The number of hydrogen-bond donors (Lipinski definition) is 1. The number of nitrogens with one attached hydrogen (secondary N) is 1. The van der Waals surface area contributed by atoms with Gasteiger partial charge in [0.2, 0.25) is 0 Å². The molecule has 1 aromatic rings. The Morgan fingerprint density at radius 1 is 1.70 bits per heavy atom. The molecule has 0 aromatic carbocycles. The number of ether oxygens (including phenoxy) is 1. The average Bonchev–Trinajstić information content (AvgIpc) is 2.31. The summed E-state index contributed by atoms with van der Waals surface area (Å²) >= 11 is 0. The maximum Gasteiger partial charge on any atom is 0.0925 e. The first kappa shape index (κ1) is 7.28. The summed E-state index contributed by atoms with van der Waals surface area (Å²) in [4.78, 5) is 7.13. The van der Waals surface area contributed by atoms with Crippen LogP contribution in [0.1, 0.15) is 11.4 Å². The average molecular weight is 140 g/mol. The topological polar surface area (TPSA) is 37.9 Å². The highest BCUT2D eigenvalue weighted by Gasteiger charge is 1.98. The molecule has 1 N–H and O–H groups in total. The third kappa shape index (κ3) is 1.57. The van der Waals surface area contributed by atoms with Crippen molar-refractivity contribution in [3.05, 3.63) is 17.7 Å². The van der Waals surface area contributed by atoms with E-state index in [-0.39, 0.29) is 0 Å². The van der Waals surface area contributed by atoms with Crippen molar-refractivity contribution >= 4 is 0 Å². The minimum absolute atomic E-state index is 0.742. The number of H-pyrrole nitrogens is 1. The predicted molar refractivity (Wildman–Crippen MR) is 38.9 cm³/mol. The summed E-state index contributed by atoms with van der Waals surface area (Å²) in [7, 11) is 1.70. The van der Waals surface area contributed by atoms with Gasteiger partial charge in [-0.1, -0.05) is 0 Å². The van der Waals surface area contributed by atoms with Crippen LogP contribution in [0.25, 0.3) is 0 Å². The zero-order chi connectivity index (χ0) is 7.40. The van der Waals surface area contributed by atoms with E-state index in [4.69, 9.17) is 4.74 Å². The lowest BCUT2D eigenvalue weighted by Crippen LogP contribution is -1.96. The standard InChI is InChI=1S/C7H12N2O/c1-6-7(3-4-10-2)9-5-8-6/h5H,3-4H2,1-2H3,(H,8,9). The molecular weight excluding hydrogens is 128 g/mol. The summed E-state index contributed by atoms with van der Waals surface area (Å²) < 4.78 is 4.92. The fourth-order valence-electron chi connectivity index (χ4n) is 0.838. The lowest BCUT2D eigenvalue weighted by atomic mass is 10.3. The van der Waals surface area contributed by atoms with Gasteiger partial charge in [0.25, 0.3) is 0 Å². The molecule has 0 radical (unpaired) electrons. The second-order valence-corrected chi connectivity index (χ2v) is 2.22. The Hall–Kier alpha value is -0.830. The molecule has 56 valence electrons. The van der Waals surface area contributed by atoms with Gasteiger partial charge >= 0.3 is 0 Å². The van der Waals surface area contributed by atoms with Crippen LogP contribution in [0.5, 0.6) is 0 Å². The van der Waals surface area contributed by atoms with Crippen molar-refractivity contribution < 1.29 is 4.74 Å². The van der Waals surface area contributed by atoms with Crippen molar-refractivity contribution in [2.24, 2.45) is 0 Å². The number of aromatic nitrogens is 2. The summed E-state index contributed by atoms with van der Waals surface area (Å²) in [5.41, 5.74) is 2.24. The van der Waals surface area contributed by atoms with Gasteiger partial charge in [-0.2, -0.15) is 0 Å². The van der Waals surface area contributed by atoms with E-state index in [2.05, 4.69) is 9.97 Å². The first-order valence-corrected chi connectivity index (χ1v) is 3.32. The van der Waals surface area contributed by atoms with Crippen LogP contribution in [0.4, 0.5) is 0 Å². The van der Waals surface area contributed by atoms with Crippen molar-refractivity contribution in [2.75, 3.05) is 13.7 Å². The van der Waals surface area contributed by atoms with Gasteiger partial charge in [-0.3, -0.25) is 0 Å². The summed E-state index contributed by atoms with van der Waals surface area (Å²) in [6, 6.07) is 0. The van der Waals surface area contributed by atoms with E-state index in [0.717, 1.165) is 24.4 Å². The summed E-state index contributed by atoms with van der Waals surface area (Å²) in [5, 5.41) is 0. The van der Waals surface area contributed by atoms with Crippen LogP contribution in [0.2, 0.25) is 0 Å². The van der Waals surface area contributed by atoms with E-state index >= 15 is 0 Å². The number of aromatic amines is 1. The molecule has 10 heavy (non-hydrogen) atoms. The first-order valence-electron chi connectivity index (χ1n) is 3.32. The van der Waals surface area contributed by atoms with Crippen LogP contribution in [0.15, 0.2) is 6.33 Å². The molecule has 1 aromatic heterocycles. The van der Waals surface area contributed by atoms with Gasteiger partial charge in [-0.05, 0) is 6.92 Å². The van der Waals surface area contributed by atoms with Crippen molar-refractivity contribution in [3.8, 4) is 0 Å². The number of aryl methyl sites for hydroxylation is 1. The molecule has 0 aliphatic carbocycles. The van der Waals surface area contributed by atoms with E-state index in [0.29, 0.717) is 0 Å². The Morgan fingerprint density at radius 2 is 2.50 bits per heavy atom. The number of nitrogens with zero attached hydrogens (tertiary/aromatic N) is 1. The molecule has 0 unspecified atom stereocenters. The molecule has 0 saturated heterocycles. The quantitative estimate of drug-likeness (QED) is 0.677. The van der Waals surface area contributed by atoms with Crippen molar-refractivity contribution in [2.45, 2.75) is 13.3 Å². The molecule has 3 heteroatoms. The van der Waals surface area contributed by atoms with E-state index < -0.39 is 0 Å². The van der Waals surface area contributed by atoms with E-state index in [1.54, 1.807) is 13.4 Å². The van der Waals surface area contributed by atoms with Gasteiger partial charge in [0, 0.05) is 19.2 Å². The van der Waals surface area contributed by atoms with E-state index in [1.165, 1.54) is 0 Å². The Kier molecular flexibility index (Phi) is 2.45. The SMILES string of the molecule is COCCc1nc[nH]c1C. The highest BCUT2D eigenvalue weighted by atomic mass is 16.5. The zero-order valence-corrected chi connectivity index (χ0v) is 6.35. The summed E-state index contributed by atoms with van der Waals surface area (Å²) in [5.74, 6) is 0. The largest absolute Gasteiger partial charge is 0.384 e. The van der Waals surface area contributed by atoms with Crippen LogP contribution in [-0.2, 0) is 11.2 Å². The minimum atomic E-state index is 0.742. The highest BCUT2D eigenvalue weighted by molar-refractivity contribution is 5.08. The third-order valence-electron chi connectivity index (χ3n) is 1.48. The van der Waals surface area contributed by atoms with Crippen LogP contribution < -0.4 is 0 Å². The third-order valence-corrected chi connectivity index (χ3v) is 1.48. The molecule has 0 atom stereocenters. The van der Waals surface area contributed by atoms with E-state index in [9.17, 15) is 0 Å². The fourth-order valence-corrected chi connectivity index (χ4v) is 0.838. The van der Waals surface area contributed by atoms with Gasteiger partial charge in [0.1, 0.15) is 0 Å². The van der Waals surface area contributed by atoms with Crippen LogP contribution in [-0.4, -0.2) is 23.7 Å². The first-order chi connectivity index (χ1) is 4.84. The zero-order valence-electron chi connectivity index (χ0n) is 6.35. The molecule has 0 aliphatic rings. The number of hydrogen-bond acceptors (Lipinski definition) is 2. The molecule has 0 saturated carbocycles. The molecule has 1 heterocycles. The second-order valence-electron chi connectivity index (χ2n) is 2.22. The predicted octanol–water partition coefficient (Wildman–Crippen LogP) is 0.907. The van der Waals surface area contributed by atoms with Crippen LogP contribution in [0.3, 0.4) is 0 Å². The van der Waals surface area contributed by atoms with Crippen LogP contribution >= 0.6 is 0 Å². The number of methoxy groups -OCH3 is 1. The summed E-state index contributed by atoms with van der Waals surface area (Å²) in [6.45, 7) is 2.75. The minimum Gasteiger partial charge on any atom is -0.384 e. The normalized spacial score (nSPS) is 10.2. The molecule has 0 amide bonds. The molecule has 1 rings (SSSR count). The van der Waals surface area contributed by atoms with E-state index in [1.807, 2.05) is 6.92 Å². The molecule has 0 fully saturated rings. The Bertz CT molecular complexity index is 195. The van der Waals surface area contributed by atoms with Gasteiger partial charge < -0.3 is 9.72 Å². The molecular formula is C7H12N2O. The van der Waals surface area contributed by atoms with Crippen molar-refractivity contribution in [1.29, 1.82) is 0 Å². The lowest BCUT2D eigenvalue weighted by molar-refractivity contribution is 0.201. The maximum atomic E-state index is 4.92.